The second kappa shape index (κ2) is 10.9. The maximum absolute atomic E-state index is 14.9. The average molecular weight is 505 g/mol. The maximum atomic E-state index is 14.9. The molecule has 4 N–H and O–H groups in total. The van der Waals surface area contributed by atoms with E-state index in [-0.39, 0.29) is 22.9 Å². The molecule has 4 rings (SSSR count). The first-order valence-electron chi connectivity index (χ1n) is 12.3. The van der Waals surface area contributed by atoms with Crippen molar-refractivity contribution in [3.63, 3.8) is 0 Å². The molecule has 10 nitrogen and oxygen atoms in total. The number of pyridine rings is 1. The van der Waals surface area contributed by atoms with Crippen molar-refractivity contribution in [2.24, 2.45) is 18.7 Å². The number of aromatic nitrogens is 6. The number of anilines is 1. The largest absolute Gasteiger partial charge is 0.397 e. The lowest BCUT2D eigenvalue weighted by Crippen LogP contribution is -2.36. The Morgan fingerprint density at radius 3 is 2.70 bits per heavy atom. The van der Waals surface area contributed by atoms with Crippen LogP contribution >= 0.6 is 0 Å². The molecular formula is C26H33FN10. The zero-order chi connectivity index (χ0) is 26.7. The van der Waals surface area contributed by atoms with E-state index < -0.39 is 5.82 Å². The van der Waals surface area contributed by atoms with Crippen LogP contribution in [0.3, 0.4) is 0 Å². The average Bonchev–Trinajstić information content (AvgIpc) is 3.41. The van der Waals surface area contributed by atoms with Gasteiger partial charge in [0.25, 0.3) is 0 Å². The molecular weight excluding hydrogens is 471 g/mol. The number of hydrogen-bond acceptors (Lipinski definition) is 8. The molecule has 1 aliphatic heterocycles. The molecule has 0 amide bonds. The van der Waals surface area contributed by atoms with Crippen molar-refractivity contribution in [1.29, 1.82) is 5.41 Å². The van der Waals surface area contributed by atoms with Crippen molar-refractivity contribution >= 4 is 17.6 Å². The number of nitrogens with two attached hydrogens (primary N) is 1. The lowest BCUT2D eigenvalue weighted by atomic mass is 9.98. The fourth-order valence-corrected chi connectivity index (χ4v) is 4.55. The summed E-state index contributed by atoms with van der Waals surface area (Å²) in [6, 6.07) is 1.78. The van der Waals surface area contributed by atoms with Gasteiger partial charge in [-0.05, 0) is 45.8 Å². The van der Waals surface area contributed by atoms with Crippen LogP contribution in [0.4, 0.5) is 10.1 Å². The number of nitrogens with one attached hydrogen (secondary N) is 2. The van der Waals surface area contributed by atoms with Crippen LogP contribution < -0.4 is 11.1 Å². The molecule has 4 heterocycles. The molecule has 0 atom stereocenters. The van der Waals surface area contributed by atoms with Gasteiger partial charge >= 0.3 is 0 Å². The zero-order valence-corrected chi connectivity index (χ0v) is 21.6. The lowest BCUT2D eigenvalue weighted by molar-refractivity contribution is 0.213. The quantitative estimate of drug-likeness (QED) is 0.302. The van der Waals surface area contributed by atoms with Gasteiger partial charge in [-0.15, -0.1) is 17.4 Å². The smallest absolute Gasteiger partial charge is 0.203 e. The first-order valence-corrected chi connectivity index (χ1v) is 12.3. The third-order valence-corrected chi connectivity index (χ3v) is 6.64. The number of halogens is 1. The topological polar surface area (TPSA) is 127 Å². The van der Waals surface area contributed by atoms with Crippen molar-refractivity contribution in [2.45, 2.75) is 33.2 Å². The third-order valence-electron chi connectivity index (χ3n) is 6.64. The van der Waals surface area contributed by atoms with Crippen molar-refractivity contribution in [1.82, 2.24) is 34.4 Å². The molecule has 0 unspecified atom stereocenters. The first-order chi connectivity index (χ1) is 17.8. The van der Waals surface area contributed by atoms with Gasteiger partial charge in [-0.3, -0.25) is 4.68 Å². The van der Waals surface area contributed by atoms with Gasteiger partial charge in [0.2, 0.25) is 5.82 Å². The SMILES string of the molecule is C#CC1CCN(CCNc2cc(C(=C)N)nc(-c3nc(-c4c(F)c(C)nn4CC)nn3C)c2C=N)CC1. The summed E-state index contributed by atoms with van der Waals surface area (Å²) in [6.07, 6.45) is 8.80. The third kappa shape index (κ3) is 5.24. The maximum Gasteiger partial charge on any atom is 0.203 e. The molecule has 37 heavy (non-hydrogen) atoms. The summed E-state index contributed by atoms with van der Waals surface area (Å²) in [7, 11) is 1.70. The van der Waals surface area contributed by atoms with Crippen molar-refractivity contribution < 1.29 is 4.39 Å². The van der Waals surface area contributed by atoms with E-state index in [2.05, 4.69) is 42.9 Å². The van der Waals surface area contributed by atoms with Crippen LogP contribution in [0.5, 0.6) is 0 Å². The van der Waals surface area contributed by atoms with Crippen LogP contribution in [0, 0.1) is 36.4 Å². The van der Waals surface area contributed by atoms with Gasteiger partial charge in [0, 0.05) is 50.1 Å². The van der Waals surface area contributed by atoms with Crippen LogP contribution in [-0.2, 0) is 13.6 Å². The van der Waals surface area contributed by atoms with Gasteiger partial charge < -0.3 is 21.4 Å². The van der Waals surface area contributed by atoms with E-state index in [9.17, 15) is 4.39 Å². The molecule has 0 spiro atoms. The number of aryl methyl sites for hydroxylation is 3. The Morgan fingerprint density at radius 2 is 2.08 bits per heavy atom. The van der Waals surface area contributed by atoms with Crippen LogP contribution in [0.1, 0.15) is 36.7 Å². The second-order valence-electron chi connectivity index (χ2n) is 9.14. The predicted molar refractivity (Wildman–Crippen MR) is 143 cm³/mol. The summed E-state index contributed by atoms with van der Waals surface area (Å²) in [5.41, 5.74) is 8.86. The first kappa shape index (κ1) is 26.0. The van der Waals surface area contributed by atoms with Crippen LogP contribution in [0.2, 0.25) is 0 Å². The van der Waals surface area contributed by atoms with Gasteiger partial charge in [0.15, 0.2) is 11.6 Å². The molecule has 3 aromatic heterocycles. The van der Waals surface area contributed by atoms with Crippen LogP contribution in [-0.4, -0.2) is 66.8 Å². The van der Waals surface area contributed by atoms with E-state index in [1.54, 1.807) is 20.0 Å². The fraction of sp³-hybridized carbons (Fsp3) is 0.423. The Hall–Kier alpha value is -4.04. The van der Waals surface area contributed by atoms with E-state index in [4.69, 9.17) is 17.6 Å². The van der Waals surface area contributed by atoms with Crippen molar-refractivity contribution in [2.75, 3.05) is 31.5 Å². The van der Waals surface area contributed by atoms with Crippen LogP contribution in [0.15, 0.2) is 12.6 Å². The van der Waals surface area contributed by atoms with Gasteiger partial charge in [0.05, 0.1) is 17.1 Å². The molecule has 0 bridgehead atoms. The fourth-order valence-electron chi connectivity index (χ4n) is 4.55. The van der Waals surface area contributed by atoms with E-state index in [1.165, 1.54) is 15.6 Å². The highest BCUT2D eigenvalue weighted by Crippen LogP contribution is 2.30. The number of likely N-dealkylation sites (tertiary alicyclic amines) is 1. The summed E-state index contributed by atoms with van der Waals surface area (Å²) < 4.78 is 17.9. The van der Waals surface area contributed by atoms with Crippen molar-refractivity contribution in [3.05, 3.63) is 35.4 Å². The molecule has 1 fully saturated rings. The summed E-state index contributed by atoms with van der Waals surface area (Å²) >= 11 is 0. The summed E-state index contributed by atoms with van der Waals surface area (Å²) in [5.74, 6) is 3.32. The lowest BCUT2D eigenvalue weighted by Gasteiger charge is -2.29. The second-order valence-corrected chi connectivity index (χ2v) is 9.14. The Bertz CT molecular complexity index is 1350. The van der Waals surface area contributed by atoms with Crippen molar-refractivity contribution in [3.8, 4) is 35.4 Å². The molecule has 11 heteroatoms. The number of rotatable bonds is 9. The highest BCUT2D eigenvalue weighted by molar-refractivity contribution is 5.94. The number of piperidine rings is 1. The van der Waals surface area contributed by atoms with Gasteiger partial charge in [-0.25, -0.2) is 19.0 Å². The standard InChI is InChI=1S/C26H33FN10/c1-6-18-8-11-36(12-9-18)13-10-30-21-14-20(16(3)29)31-23(19(21)15-28)26-32-25(34-35(26)5)24-22(27)17(4)33-37(24)7-2/h1,14-15,18,28H,3,7-13,29H2,2,4-5H3,(H,30,31). The molecule has 0 radical (unpaired) electrons. The molecule has 0 aliphatic carbocycles. The Labute approximate surface area is 216 Å². The monoisotopic (exact) mass is 504 g/mol. The Balaban J connectivity index is 1.67. The molecule has 1 saturated heterocycles. The van der Waals surface area contributed by atoms with E-state index in [1.807, 2.05) is 6.92 Å². The molecule has 0 saturated carbocycles. The molecule has 194 valence electrons. The normalized spacial score (nSPS) is 14.5. The number of hydrogen-bond donors (Lipinski definition) is 3. The Kier molecular flexibility index (Phi) is 7.69. The molecule has 1 aliphatic rings. The predicted octanol–water partition coefficient (Wildman–Crippen LogP) is 2.89. The summed E-state index contributed by atoms with van der Waals surface area (Å²) in [4.78, 5) is 11.6. The highest BCUT2D eigenvalue weighted by atomic mass is 19.1. The van der Waals surface area contributed by atoms with E-state index >= 15 is 0 Å². The van der Waals surface area contributed by atoms with Gasteiger partial charge in [-0.2, -0.15) is 5.10 Å². The Morgan fingerprint density at radius 1 is 1.35 bits per heavy atom. The minimum Gasteiger partial charge on any atom is -0.397 e. The minimum absolute atomic E-state index is 0.192. The van der Waals surface area contributed by atoms with Gasteiger partial charge in [0.1, 0.15) is 11.4 Å². The van der Waals surface area contributed by atoms with Crippen LogP contribution in [0.25, 0.3) is 28.7 Å². The summed E-state index contributed by atoms with van der Waals surface area (Å²) in [6.45, 7) is 11.2. The number of nitrogens with zero attached hydrogens (tertiary/aromatic N) is 7. The molecule has 3 aromatic rings. The zero-order valence-electron chi connectivity index (χ0n) is 21.6. The highest BCUT2D eigenvalue weighted by Gasteiger charge is 2.24. The summed E-state index contributed by atoms with van der Waals surface area (Å²) in [5, 5.41) is 20.3. The van der Waals surface area contributed by atoms with E-state index in [0.29, 0.717) is 47.5 Å². The minimum atomic E-state index is -0.461. The van der Waals surface area contributed by atoms with Gasteiger partial charge in [-0.1, -0.05) is 6.58 Å². The van der Waals surface area contributed by atoms with E-state index in [0.717, 1.165) is 32.5 Å². The molecule has 0 aromatic carbocycles. The number of terminal acetylenes is 1.